The smallest absolute Gasteiger partial charge is 0.319 e. The molecule has 0 heterocycles. The summed E-state index contributed by atoms with van der Waals surface area (Å²) in [6.07, 6.45) is 1.58. The summed E-state index contributed by atoms with van der Waals surface area (Å²) in [5.74, 6) is -2.25. The van der Waals surface area contributed by atoms with Crippen molar-refractivity contribution in [2.75, 3.05) is 5.32 Å². The lowest BCUT2D eigenvalue weighted by atomic mass is 10.0. The number of amides is 4. The zero-order chi connectivity index (χ0) is 43.9. The molecular formula is C46H52N6O8. The number of carbonyl (C=O) groups excluding carboxylic acids is 5. The van der Waals surface area contributed by atoms with Gasteiger partial charge >= 0.3 is 6.03 Å². The van der Waals surface area contributed by atoms with Gasteiger partial charge in [-0.1, -0.05) is 84.9 Å². The SMILES string of the molecule is CC(=O)O.CC(=O)[O-].NCc1ccc(CNC(=O)Nc2ccc(CNC(=O)c3ccc(C(=O)NCc4ccc(CC(=O)CCc5ccc(C[NH3+])cc5)cc4)cc3)cc2)cc1. The summed E-state index contributed by atoms with van der Waals surface area (Å²) in [5, 5.41) is 27.7. The van der Waals surface area contributed by atoms with Crippen molar-refractivity contribution in [2.24, 2.45) is 5.73 Å². The Bertz CT molecular complexity index is 1990. The molecule has 5 rings (SSSR count). The molecule has 0 aliphatic carbocycles. The van der Waals surface area contributed by atoms with Crippen molar-refractivity contribution in [3.05, 3.63) is 171 Å². The minimum absolute atomic E-state index is 0.187. The van der Waals surface area contributed by atoms with Crippen LogP contribution in [0.2, 0.25) is 0 Å². The lowest BCUT2D eigenvalue weighted by Crippen LogP contribution is -2.47. The number of benzene rings is 5. The van der Waals surface area contributed by atoms with Crippen molar-refractivity contribution in [3.8, 4) is 0 Å². The molecule has 0 fully saturated rings. The van der Waals surface area contributed by atoms with E-state index in [-0.39, 0.29) is 23.6 Å². The maximum Gasteiger partial charge on any atom is 0.319 e. The minimum Gasteiger partial charge on any atom is -0.550 e. The van der Waals surface area contributed by atoms with Crippen LogP contribution in [-0.4, -0.2) is 40.7 Å². The number of nitrogens with two attached hydrogens (primary N) is 1. The van der Waals surface area contributed by atoms with Gasteiger partial charge < -0.3 is 47.7 Å². The third-order valence-electron chi connectivity index (χ3n) is 8.67. The monoisotopic (exact) mass is 816 g/mol. The highest BCUT2D eigenvalue weighted by Gasteiger charge is 2.11. The fraction of sp³-hybridized carbons (Fsp3) is 0.217. The van der Waals surface area contributed by atoms with E-state index in [0.29, 0.717) is 55.8 Å². The molecule has 0 atom stereocenters. The number of hydrogen-bond acceptors (Lipinski definition) is 8. The minimum atomic E-state index is -1.08. The van der Waals surface area contributed by atoms with E-state index in [1.54, 1.807) is 36.4 Å². The number of ketones is 1. The number of carboxylic acids is 2. The molecule has 14 heteroatoms. The number of aryl methyl sites for hydroxylation is 1. The molecule has 0 aromatic heterocycles. The molecule has 5 aromatic rings. The Labute approximate surface area is 349 Å². The van der Waals surface area contributed by atoms with Gasteiger partial charge in [-0.3, -0.25) is 19.2 Å². The number of nitrogens with one attached hydrogen (secondary N) is 4. The second-order valence-corrected chi connectivity index (χ2v) is 13.6. The molecule has 0 radical (unpaired) electrons. The Balaban J connectivity index is 0.00000110. The first-order valence-electron chi connectivity index (χ1n) is 19.2. The fourth-order valence-corrected chi connectivity index (χ4v) is 5.45. The van der Waals surface area contributed by atoms with E-state index >= 15 is 0 Å². The van der Waals surface area contributed by atoms with Crippen molar-refractivity contribution >= 4 is 41.3 Å². The number of hydrogen-bond donors (Lipinski definition) is 7. The molecule has 0 aliphatic heterocycles. The first kappa shape index (κ1) is 47.2. The molecule has 0 saturated carbocycles. The number of quaternary nitrogens is 1. The maximum atomic E-state index is 12.8. The number of Topliss-reactive ketones (excluding diaryl/α,β-unsaturated/α-hetero) is 1. The molecule has 0 saturated heterocycles. The number of carboxylic acid groups (broad SMARTS) is 2. The highest BCUT2D eigenvalue weighted by atomic mass is 16.4. The van der Waals surface area contributed by atoms with Crippen LogP contribution in [0, 0.1) is 0 Å². The Morgan fingerprint density at radius 3 is 1.37 bits per heavy atom. The molecule has 0 aliphatic rings. The standard InChI is InChI=1S/C42H44N6O4.2C2H4O2/c43-24-31-5-1-29(2-6-31)15-22-39(49)23-30-3-9-33(10-4-30)26-45-40(50)36-16-18-37(19-17-36)41(51)46-27-35-13-20-38(21-14-35)48-42(52)47-28-34-11-7-32(25-44)8-12-34;2*1-2(3)4/h1-14,16-21H,15,22-28,43-44H2,(H,45,50)(H,46,51)(H2,47,48,52);2*1H3,(H,3,4). The maximum absolute atomic E-state index is 12.8. The number of anilines is 1. The molecule has 0 spiro atoms. The van der Waals surface area contributed by atoms with Gasteiger partial charge in [-0.05, 0) is 83.1 Å². The molecule has 0 unspecified atom stereocenters. The summed E-state index contributed by atoms with van der Waals surface area (Å²) in [6.45, 7) is 4.31. The van der Waals surface area contributed by atoms with Crippen LogP contribution in [0.25, 0.3) is 0 Å². The van der Waals surface area contributed by atoms with Crippen molar-refractivity contribution in [1.29, 1.82) is 0 Å². The third-order valence-corrected chi connectivity index (χ3v) is 8.67. The summed E-state index contributed by atoms with van der Waals surface area (Å²) in [4.78, 5) is 68.2. The quantitative estimate of drug-likeness (QED) is 0.0767. The number of aliphatic carboxylic acids is 2. The molecular weight excluding hydrogens is 765 g/mol. The van der Waals surface area contributed by atoms with Crippen LogP contribution in [0.5, 0.6) is 0 Å². The van der Waals surface area contributed by atoms with Gasteiger partial charge in [0.25, 0.3) is 17.8 Å². The summed E-state index contributed by atoms with van der Waals surface area (Å²) in [6, 6.07) is 37.0. The Morgan fingerprint density at radius 1 is 0.567 bits per heavy atom. The second-order valence-electron chi connectivity index (χ2n) is 13.6. The van der Waals surface area contributed by atoms with E-state index in [2.05, 4.69) is 51.3 Å². The molecule has 4 amide bonds. The third kappa shape index (κ3) is 18.4. The Kier molecular flexibility index (Phi) is 19.9. The normalized spacial score (nSPS) is 10.1. The van der Waals surface area contributed by atoms with Gasteiger partial charge in [0.15, 0.2) is 0 Å². The van der Waals surface area contributed by atoms with Gasteiger partial charge in [0.1, 0.15) is 5.78 Å². The second kappa shape index (κ2) is 25.3. The predicted octanol–water partition coefficient (Wildman–Crippen LogP) is 3.66. The van der Waals surface area contributed by atoms with E-state index in [0.717, 1.165) is 60.2 Å². The van der Waals surface area contributed by atoms with Gasteiger partial charge in [0.2, 0.25) is 0 Å². The van der Waals surface area contributed by atoms with E-state index in [9.17, 15) is 19.2 Å². The average molecular weight is 817 g/mol. The Morgan fingerprint density at radius 2 is 0.933 bits per heavy atom. The molecule has 60 heavy (non-hydrogen) atoms. The lowest BCUT2D eigenvalue weighted by molar-refractivity contribution is -0.386. The van der Waals surface area contributed by atoms with Crippen LogP contribution in [0.3, 0.4) is 0 Å². The first-order chi connectivity index (χ1) is 28.7. The fourth-order valence-electron chi connectivity index (χ4n) is 5.45. The van der Waals surface area contributed by atoms with Gasteiger partial charge in [-0.15, -0.1) is 0 Å². The zero-order valence-corrected chi connectivity index (χ0v) is 33.8. The zero-order valence-electron chi connectivity index (χ0n) is 33.8. The average Bonchev–Trinajstić information content (AvgIpc) is 3.24. The van der Waals surface area contributed by atoms with Gasteiger partial charge in [0.05, 0.1) is 6.54 Å². The predicted molar refractivity (Wildman–Crippen MR) is 226 cm³/mol. The van der Waals surface area contributed by atoms with E-state index in [1.165, 1.54) is 5.56 Å². The number of rotatable bonds is 16. The largest absolute Gasteiger partial charge is 0.550 e. The Hall–Kier alpha value is -7.16. The van der Waals surface area contributed by atoms with E-state index in [4.69, 9.17) is 25.5 Å². The first-order valence-corrected chi connectivity index (χ1v) is 19.2. The topological polar surface area (TPSA) is 247 Å². The summed E-state index contributed by atoms with van der Waals surface area (Å²) in [5.41, 5.74) is 18.1. The van der Waals surface area contributed by atoms with Crippen LogP contribution in [0.15, 0.2) is 121 Å². The van der Waals surface area contributed by atoms with E-state index < -0.39 is 11.9 Å². The molecule has 5 aromatic carbocycles. The molecule has 314 valence electrons. The summed E-state index contributed by atoms with van der Waals surface area (Å²) in [7, 11) is 0. The summed E-state index contributed by atoms with van der Waals surface area (Å²) >= 11 is 0. The van der Waals surface area contributed by atoms with Crippen molar-refractivity contribution in [1.82, 2.24) is 16.0 Å². The highest BCUT2D eigenvalue weighted by Crippen LogP contribution is 2.13. The van der Waals surface area contributed by atoms with E-state index in [1.807, 2.05) is 60.7 Å². The van der Waals surface area contributed by atoms with Gasteiger partial charge in [0, 0.05) is 74.3 Å². The van der Waals surface area contributed by atoms with Crippen LogP contribution < -0.4 is 37.8 Å². The number of urea groups is 1. The molecule has 10 N–H and O–H groups in total. The lowest BCUT2D eigenvalue weighted by Gasteiger charge is -2.10. The van der Waals surface area contributed by atoms with Crippen molar-refractivity contribution < 1.29 is 44.7 Å². The van der Waals surface area contributed by atoms with Crippen LogP contribution in [0.4, 0.5) is 10.5 Å². The van der Waals surface area contributed by atoms with Gasteiger partial charge in [-0.25, -0.2) is 4.79 Å². The highest BCUT2D eigenvalue weighted by molar-refractivity contribution is 5.97. The van der Waals surface area contributed by atoms with Crippen LogP contribution >= 0.6 is 0 Å². The molecule has 14 nitrogen and oxygen atoms in total. The number of carbonyl (C=O) groups is 6. The van der Waals surface area contributed by atoms with Crippen molar-refractivity contribution in [2.45, 2.75) is 65.8 Å². The summed E-state index contributed by atoms with van der Waals surface area (Å²) < 4.78 is 0. The van der Waals surface area contributed by atoms with Crippen LogP contribution in [0.1, 0.15) is 79.9 Å². The van der Waals surface area contributed by atoms with Crippen LogP contribution in [-0.2, 0) is 59.9 Å². The molecule has 0 bridgehead atoms. The van der Waals surface area contributed by atoms with Crippen molar-refractivity contribution in [3.63, 3.8) is 0 Å². The van der Waals surface area contributed by atoms with Gasteiger partial charge in [-0.2, -0.15) is 0 Å².